The molecule has 0 saturated heterocycles. The van der Waals surface area contributed by atoms with Crippen molar-refractivity contribution in [3.05, 3.63) is 29.8 Å². The minimum absolute atomic E-state index is 0.781. The lowest BCUT2D eigenvalue weighted by Crippen LogP contribution is -2.35. The lowest BCUT2D eigenvalue weighted by Gasteiger charge is -2.31. The normalized spacial score (nSPS) is 15.3. The molecule has 0 aliphatic heterocycles. The molecule has 0 aromatic heterocycles. The summed E-state index contributed by atoms with van der Waals surface area (Å²) in [6.07, 6.45) is 4.27. The van der Waals surface area contributed by atoms with Crippen LogP contribution in [-0.2, 0) is 6.54 Å². The van der Waals surface area contributed by atoms with Crippen molar-refractivity contribution in [1.82, 2.24) is 10.2 Å². The highest BCUT2D eigenvalue weighted by molar-refractivity contribution is 5.28. The second kappa shape index (κ2) is 8.28. The number of hydrogen-bond acceptors (Lipinski definition) is 3. The molecule has 1 saturated carbocycles. The molecule has 3 nitrogen and oxygen atoms in total. The minimum atomic E-state index is 0.781. The molecule has 112 valence electrons. The van der Waals surface area contributed by atoms with E-state index in [1.807, 2.05) is 13.1 Å². The third-order valence-electron chi connectivity index (χ3n) is 4.14. The molecular weight excluding hydrogens is 248 g/mol. The maximum absolute atomic E-state index is 5.89. The van der Waals surface area contributed by atoms with E-state index in [4.69, 9.17) is 4.74 Å². The summed E-state index contributed by atoms with van der Waals surface area (Å²) < 4.78 is 5.89. The topological polar surface area (TPSA) is 24.5 Å². The van der Waals surface area contributed by atoms with Crippen molar-refractivity contribution in [2.45, 2.75) is 32.7 Å². The van der Waals surface area contributed by atoms with Crippen LogP contribution < -0.4 is 10.1 Å². The number of nitrogens with one attached hydrogen (secondary N) is 1. The molecule has 1 aromatic rings. The molecule has 0 amide bonds. The Labute approximate surface area is 123 Å². The van der Waals surface area contributed by atoms with E-state index in [1.54, 1.807) is 0 Å². The highest BCUT2D eigenvalue weighted by Crippen LogP contribution is 2.26. The summed E-state index contributed by atoms with van der Waals surface area (Å²) in [6, 6.07) is 8.35. The van der Waals surface area contributed by atoms with Gasteiger partial charge in [0, 0.05) is 19.6 Å². The van der Waals surface area contributed by atoms with E-state index < -0.39 is 0 Å². The SMILES string of the molecule is CCN(CCOc1cccc(CNC)c1)CC1CCC1. The summed E-state index contributed by atoms with van der Waals surface area (Å²) in [5, 5.41) is 3.17. The van der Waals surface area contributed by atoms with Crippen molar-refractivity contribution in [2.24, 2.45) is 5.92 Å². The first-order valence-electron chi connectivity index (χ1n) is 7.90. The van der Waals surface area contributed by atoms with Gasteiger partial charge in [0.2, 0.25) is 0 Å². The van der Waals surface area contributed by atoms with E-state index in [-0.39, 0.29) is 0 Å². The van der Waals surface area contributed by atoms with Crippen LogP contribution in [0.2, 0.25) is 0 Å². The molecule has 1 aliphatic rings. The van der Waals surface area contributed by atoms with Crippen LogP contribution in [-0.4, -0.2) is 38.2 Å². The molecule has 20 heavy (non-hydrogen) atoms. The van der Waals surface area contributed by atoms with E-state index >= 15 is 0 Å². The van der Waals surface area contributed by atoms with Crippen LogP contribution in [0.4, 0.5) is 0 Å². The highest BCUT2D eigenvalue weighted by Gasteiger charge is 2.19. The number of benzene rings is 1. The number of ether oxygens (including phenoxy) is 1. The van der Waals surface area contributed by atoms with Crippen molar-refractivity contribution in [1.29, 1.82) is 0 Å². The zero-order chi connectivity index (χ0) is 14.2. The second-order valence-electron chi connectivity index (χ2n) is 5.72. The fourth-order valence-corrected chi connectivity index (χ4v) is 2.66. The van der Waals surface area contributed by atoms with E-state index in [9.17, 15) is 0 Å². The maximum atomic E-state index is 5.89. The van der Waals surface area contributed by atoms with Gasteiger partial charge in [-0.2, -0.15) is 0 Å². The predicted molar refractivity (Wildman–Crippen MR) is 84.2 cm³/mol. The van der Waals surface area contributed by atoms with Crippen LogP contribution in [0, 0.1) is 5.92 Å². The van der Waals surface area contributed by atoms with Gasteiger partial charge in [-0.05, 0) is 50.0 Å². The van der Waals surface area contributed by atoms with Gasteiger partial charge < -0.3 is 10.1 Å². The molecule has 1 aliphatic carbocycles. The Balaban J connectivity index is 1.71. The van der Waals surface area contributed by atoms with E-state index in [2.05, 4.69) is 35.3 Å². The summed E-state index contributed by atoms with van der Waals surface area (Å²) in [4.78, 5) is 2.52. The monoisotopic (exact) mass is 276 g/mol. The molecule has 0 heterocycles. The Morgan fingerprint density at radius 3 is 2.85 bits per heavy atom. The smallest absolute Gasteiger partial charge is 0.119 e. The van der Waals surface area contributed by atoms with Gasteiger partial charge in [0.15, 0.2) is 0 Å². The quantitative estimate of drug-likeness (QED) is 0.750. The van der Waals surface area contributed by atoms with Crippen LogP contribution in [0.5, 0.6) is 5.75 Å². The summed E-state index contributed by atoms with van der Waals surface area (Å²) in [5.41, 5.74) is 1.27. The van der Waals surface area contributed by atoms with Gasteiger partial charge in [0.1, 0.15) is 12.4 Å². The molecule has 0 unspecified atom stereocenters. The molecule has 0 spiro atoms. The summed E-state index contributed by atoms with van der Waals surface area (Å²) in [5.74, 6) is 1.92. The van der Waals surface area contributed by atoms with Gasteiger partial charge in [0.25, 0.3) is 0 Å². The number of hydrogen-bond donors (Lipinski definition) is 1. The van der Waals surface area contributed by atoms with Gasteiger partial charge in [-0.3, -0.25) is 4.90 Å². The van der Waals surface area contributed by atoms with Gasteiger partial charge in [-0.1, -0.05) is 25.5 Å². The third kappa shape index (κ3) is 4.80. The minimum Gasteiger partial charge on any atom is -0.492 e. The van der Waals surface area contributed by atoms with Crippen LogP contribution in [0.1, 0.15) is 31.7 Å². The molecule has 0 radical (unpaired) electrons. The first-order chi connectivity index (χ1) is 9.81. The van der Waals surface area contributed by atoms with Crippen molar-refractivity contribution >= 4 is 0 Å². The van der Waals surface area contributed by atoms with Crippen LogP contribution in [0.25, 0.3) is 0 Å². The summed E-state index contributed by atoms with van der Waals surface area (Å²) >= 11 is 0. The van der Waals surface area contributed by atoms with E-state index in [1.165, 1.54) is 31.4 Å². The Hall–Kier alpha value is -1.06. The molecule has 1 fully saturated rings. The lowest BCUT2D eigenvalue weighted by molar-refractivity contribution is 0.158. The van der Waals surface area contributed by atoms with Gasteiger partial charge in [0.05, 0.1) is 0 Å². The number of likely N-dealkylation sites (N-methyl/N-ethyl adjacent to an activating group) is 1. The zero-order valence-electron chi connectivity index (χ0n) is 12.9. The fourth-order valence-electron chi connectivity index (χ4n) is 2.66. The van der Waals surface area contributed by atoms with Crippen molar-refractivity contribution in [3.63, 3.8) is 0 Å². The second-order valence-corrected chi connectivity index (χ2v) is 5.72. The van der Waals surface area contributed by atoms with Crippen molar-refractivity contribution in [2.75, 3.05) is 33.3 Å². The van der Waals surface area contributed by atoms with Crippen LogP contribution >= 0.6 is 0 Å². The van der Waals surface area contributed by atoms with Crippen LogP contribution in [0.3, 0.4) is 0 Å². The van der Waals surface area contributed by atoms with Gasteiger partial charge in [-0.15, -0.1) is 0 Å². The third-order valence-corrected chi connectivity index (χ3v) is 4.14. The lowest BCUT2D eigenvalue weighted by atomic mass is 9.85. The Bertz CT molecular complexity index is 390. The first-order valence-corrected chi connectivity index (χ1v) is 7.90. The van der Waals surface area contributed by atoms with E-state index in [0.717, 1.165) is 37.9 Å². The van der Waals surface area contributed by atoms with E-state index in [0.29, 0.717) is 0 Å². The number of rotatable bonds is 9. The van der Waals surface area contributed by atoms with Crippen LogP contribution in [0.15, 0.2) is 24.3 Å². The summed E-state index contributed by atoms with van der Waals surface area (Å²) in [7, 11) is 1.97. The molecular formula is C17H28N2O. The van der Waals surface area contributed by atoms with Crippen molar-refractivity contribution in [3.8, 4) is 5.75 Å². The first kappa shape index (κ1) is 15.3. The fraction of sp³-hybridized carbons (Fsp3) is 0.647. The predicted octanol–water partition coefficient (Wildman–Crippen LogP) is 2.91. The zero-order valence-corrected chi connectivity index (χ0v) is 12.9. The standard InChI is InChI=1S/C17H28N2O/c1-3-19(14-15-6-4-7-15)10-11-20-17-9-5-8-16(12-17)13-18-2/h5,8-9,12,15,18H,3-4,6-7,10-11,13-14H2,1-2H3. The highest BCUT2D eigenvalue weighted by atomic mass is 16.5. The molecule has 0 atom stereocenters. The van der Waals surface area contributed by atoms with Gasteiger partial charge in [-0.25, -0.2) is 0 Å². The average molecular weight is 276 g/mol. The van der Waals surface area contributed by atoms with Gasteiger partial charge >= 0.3 is 0 Å². The molecule has 2 rings (SSSR count). The van der Waals surface area contributed by atoms with Crippen molar-refractivity contribution < 1.29 is 4.74 Å². The molecule has 3 heteroatoms. The summed E-state index contributed by atoms with van der Waals surface area (Å²) in [6.45, 7) is 7.32. The molecule has 1 aromatic carbocycles. The molecule has 0 bridgehead atoms. The Kier molecular flexibility index (Phi) is 6.34. The molecule has 1 N–H and O–H groups in total. The Morgan fingerprint density at radius 2 is 2.20 bits per heavy atom. The average Bonchev–Trinajstić information content (AvgIpc) is 2.41. The maximum Gasteiger partial charge on any atom is 0.119 e. The Morgan fingerprint density at radius 1 is 1.35 bits per heavy atom. The largest absolute Gasteiger partial charge is 0.492 e. The number of nitrogens with zero attached hydrogens (tertiary/aromatic N) is 1.